The van der Waals surface area contributed by atoms with Crippen LogP contribution in [0.1, 0.15) is 27.5 Å². The minimum absolute atomic E-state index is 0.226. The van der Waals surface area contributed by atoms with Crippen LogP contribution in [0.3, 0.4) is 0 Å². The van der Waals surface area contributed by atoms with E-state index >= 15 is 0 Å². The topological polar surface area (TPSA) is 88.5 Å². The molecule has 43 heavy (non-hydrogen) atoms. The van der Waals surface area contributed by atoms with E-state index in [-0.39, 0.29) is 12.2 Å². The molecule has 1 aromatic heterocycles. The number of nitrogens with zero attached hydrogens (tertiary/aromatic N) is 2. The molecule has 7 nitrogen and oxygen atoms in total. The van der Waals surface area contributed by atoms with Gasteiger partial charge in [-0.2, -0.15) is 13.2 Å². The molecule has 0 aliphatic carbocycles. The molecule has 3 aromatic carbocycles. The quantitative estimate of drug-likeness (QED) is 0.223. The number of aromatic nitrogens is 1. The average molecular weight is 628 g/mol. The molecule has 220 valence electrons. The molecule has 0 saturated carbocycles. The largest absolute Gasteiger partial charge is 0.416 e. The van der Waals surface area contributed by atoms with Crippen molar-refractivity contribution in [2.45, 2.75) is 35.8 Å². The van der Waals surface area contributed by atoms with Gasteiger partial charge in [-0.1, -0.05) is 59.0 Å². The Bertz CT molecular complexity index is 1820. The fourth-order valence-corrected chi connectivity index (χ4v) is 8.11. The van der Waals surface area contributed by atoms with Gasteiger partial charge in [0.1, 0.15) is 17.6 Å². The third-order valence-electron chi connectivity index (χ3n) is 7.35. The van der Waals surface area contributed by atoms with Crippen molar-refractivity contribution in [3.8, 4) is 0 Å². The Morgan fingerprint density at radius 1 is 0.953 bits per heavy atom. The fraction of sp³-hybridized carbons (Fsp3) is 0.200. The first-order valence-corrected chi connectivity index (χ1v) is 14.7. The number of anilines is 2. The second-order valence-corrected chi connectivity index (χ2v) is 12.3. The van der Waals surface area contributed by atoms with Gasteiger partial charge in [0, 0.05) is 16.5 Å². The number of halogens is 4. The van der Waals surface area contributed by atoms with Gasteiger partial charge in [-0.3, -0.25) is 23.7 Å². The number of amides is 3. The summed E-state index contributed by atoms with van der Waals surface area (Å²) >= 11 is 1.74. The van der Waals surface area contributed by atoms with Crippen LogP contribution in [-0.4, -0.2) is 27.5 Å². The molecule has 0 spiro atoms. The molecule has 1 saturated heterocycles. The summed E-state index contributed by atoms with van der Waals surface area (Å²) in [6.07, 6.45) is -4.70. The van der Waals surface area contributed by atoms with Gasteiger partial charge < -0.3 is 5.32 Å². The summed E-state index contributed by atoms with van der Waals surface area (Å²) in [5.74, 6) is -4.47. The van der Waals surface area contributed by atoms with E-state index in [1.165, 1.54) is 34.9 Å². The van der Waals surface area contributed by atoms with E-state index in [2.05, 4.69) is 5.32 Å². The Hall–Kier alpha value is -4.23. The highest BCUT2D eigenvalue weighted by atomic mass is 32.2. The monoisotopic (exact) mass is 627 g/mol. The summed E-state index contributed by atoms with van der Waals surface area (Å²) in [4.78, 5) is 54.4. The predicted molar refractivity (Wildman–Crippen MR) is 154 cm³/mol. The zero-order chi connectivity index (χ0) is 30.6. The van der Waals surface area contributed by atoms with Crippen molar-refractivity contribution in [3.05, 3.63) is 110 Å². The number of rotatable bonds is 5. The number of fused-ring (bicyclic) bond motifs is 2. The Labute approximate surface area is 250 Å². The lowest BCUT2D eigenvalue weighted by Gasteiger charge is -2.30. The number of aryl methyl sites for hydroxylation is 1. The maximum Gasteiger partial charge on any atom is 0.416 e. The number of carbonyl (C=O) groups excluding carboxylic acids is 3. The van der Waals surface area contributed by atoms with Crippen molar-refractivity contribution in [2.24, 2.45) is 5.92 Å². The number of thiazole rings is 1. The lowest BCUT2D eigenvalue weighted by Crippen LogP contribution is -2.33. The van der Waals surface area contributed by atoms with E-state index in [4.69, 9.17) is 0 Å². The maximum atomic E-state index is 13.9. The Balaban J connectivity index is 1.40. The van der Waals surface area contributed by atoms with Gasteiger partial charge >= 0.3 is 11.0 Å². The first-order chi connectivity index (χ1) is 20.4. The molecule has 1 fully saturated rings. The normalized spacial score (nSPS) is 19.7. The van der Waals surface area contributed by atoms with Crippen LogP contribution in [0.25, 0.3) is 0 Å². The van der Waals surface area contributed by atoms with Gasteiger partial charge in [0.2, 0.25) is 17.7 Å². The fourth-order valence-electron chi connectivity index (χ4n) is 5.34. The number of nitrogens with one attached hydrogen (secondary N) is 1. The number of alkyl halides is 3. The number of hydrogen-bond donors (Lipinski definition) is 1. The third-order valence-corrected chi connectivity index (χ3v) is 9.95. The third kappa shape index (κ3) is 5.27. The van der Waals surface area contributed by atoms with Crippen molar-refractivity contribution in [2.75, 3.05) is 10.2 Å². The molecule has 1 N–H and O–H groups in total. The Kier molecular flexibility index (Phi) is 7.25. The van der Waals surface area contributed by atoms with E-state index in [9.17, 15) is 36.7 Å². The summed E-state index contributed by atoms with van der Waals surface area (Å²) in [5.41, 5.74) is 0.723. The zero-order valence-electron chi connectivity index (χ0n) is 22.2. The smallest absolute Gasteiger partial charge is 0.325 e. The highest BCUT2D eigenvalue weighted by Gasteiger charge is 2.57. The van der Waals surface area contributed by atoms with Gasteiger partial charge in [-0.15, -0.1) is 0 Å². The summed E-state index contributed by atoms with van der Waals surface area (Å²) in [6.45, 7) is 1.52. The van der Waals surface area contributed by atoms with Crippen LogP contribution in [0.2, 0.25) is 0 Å². The minimum atomic E-state index is -4.70. The van der Waals surface area contributed by atoms with Crippen LogP contribution < -0.4 is 15.1 Å². The second-order valence-electron chi connectivity index (χ2n) is 10.2. The molecular formula is C30H21F4N3O4S2. The van der Waals surface area contributed by atoms with Gasteiger partial charge in [0.25, 0.3) is 0 Å². The molecular weight excluding hydrogens is 606 g/mol. The summed E-state index contributed by atoms with van der Waals surface area (Å²) in [5, 5.41) is 1.93. The molecule has 3 heterocycles. The van der Waals surface area contributed by atoms with Gasteiger partial charge in [-0.05, 0) is 55.0 Å². The first kappa shape index (κ1) is 28.9. The van der Waals surface area contributed by atoms with E-state index in [0.717, 1.165) is 51.8 Å². The first-order valence-electron chi connectivity index (χ1n) is 13.0. The molecule has 4 aromatic rings. The van der Waals surface area contributed by atoms with Crippen LogP contribution in [0, 0.1) is 18.7 Å². The number of thioether (sulfide) groups is 1. The highest BCUT2D eigenvalue weighted by molar-refractivity contribution is 8.00. The lowest BCUT2D eigenvalue weighted by molar-refractivity contribution is -0.137. The maximum absolute atomic E-state index is 13.9. The second kappa shape index (κ2) is 10.8. The van der Waals surface area contributed by atoms with Crippen molar-refractivity contribution in [1.29, 1.82) is 0 Å². The van der Waals surface area contributed by atoms with Crippen LogP contribution in [0.15, 0.2) is 82.6 Å². The SMILES string of the molecule is Cc1ccc(NC(=O)Cn2c3c(sc2=O)C(c2ccc(F)cc2)C2C(=O)N(c4cccc(C(F)(F)F)c4)C(=O)C2S3)cc1. The van der Waals surface area contributed by atoms with E-state index in [0.29, 0.717) is 21.2 Å². The lowest BCUT2D eigenvalue weighted by atomic mass is 9.83. The van der Waals surface area contributed by atoms with Crippen molar-refractivity contribution >= 4 is 52.2 Å². The van der Waals surface area contributed by atoms with Crippen molar-refractivity contribution in [1.82, 2.24) is 4.57 Å². The van der Waals surface area contributed by atoms with Crippen molar-refractivity contribution in [3.63, 3.8) is 0 Å². The Morgan fingerprint density at radius 2 is 1.65 bits per heavy atom. The molecule has 2 aliphatic rings. The zero-order valence-corrected chi connectivity index (χ0v) is 23.9. The number of imide groups is 1. The standard InChI is InChI=1S/C30H21F4N3O4S2/c1-15-5-11-19(12-6-15)35-21(38)14-36-28-25(43-29(36)41)22(16-7-9-18(31)10-8-16)23-24(42-28)27(40)37(26(23)39)20-4-2-3-17(13-20)30(32,33)34/h2-13,22-24H,14H2,1H3,(H,35,38). The van der Waals surface area contributed by atoms with E-state index < -0.39 is 57.2 Å². The van der Waals surface area contributed by atoms with Crippen LogP contribution in [-0.2, 0) is 27.1 Å². The summed E-state index contributed by atoms with van der Waals surface area (Å²) < 4.78 is 55.5. The molecule has 3 amide bonds. The molecule has 3 atom stereocenters. The van der Waals surface area contributed by atoms with Crippen LogP contribution in [0.5, 0.6) is 0 Å². The number of hydrogen-bond acceptors (Lipinski definition) is 6. The summed E-state index contributed by atoms with van der Waals surface area (Å²) in [7, 11) is 0. The van der Waals surface area contributed by atoms with Gasteiger partial charge in [0.05, 0.1) is 22.2 Å². The highest BCUT2D eigenvalue weighted by Crippen LogP contribution is 2.54. The Morgan fingerprint density at radius 3 is 2.33 bits per heavy atom. The minimum Gasteiger partial charge on any atom is -0.325 e. The van der Waals surface area contributed by atoms with Crippen molar-refractivity contribution < 1.29 is 31.9 Å². The number of carbonyl (C=O) groups is 3. The molecule has 0 radical (unpaired) electrons. The molecule has 2 aliphatic heterocycles. The van der Waals surface area contributed by atoms with E-state index in [1.54, 1.807) is 12.1 Å². The molecule has 13 heteroatoms. The molecule has 6 rings (SSSR count). The summed E-state index contributed by atoms with van der Waals surface area (Å²) in [6, 6.07) is 16.3. The van der Waals surface area contributed by atoms with Gasteiger partial charge in [0.15, 0.2) is 0 Å². The van der Waals surface area contributed by atoms with Crippen LogP contribution >= 0.6 is 23.1 Å². The molecule has 0 bridgehead atoms. The number of benzene rings is 3. The predicted octanol–water partition coefficient (Wildman–Crippen LogP) is 5.81. The van der Waals surface area contributed by atoms with Gasteiger partial charge in [-0.25, -0.2) is 9.29 Å². The van der Waals surface area contributed by atoms with Crippen LogP contribution in [0.4, 0.5) is 28.9 Å². The van der Waals surface area contributed by atoms with E-state index in [1.807, 2.05) is 19.1 Å². The molecule has 3 unspecified atom stereocenters. The average Bonchev–Trinajstić information content (AvgIpc) is 3.40.